The molecule has 0 amide bonds. The summed E-state index contributed by atoms with van der Waals surface area (Å²) in [6.45, 7) is 0. The lowest BCUT2D eigenvalue weighted by atomic mass is 10.3. The normalized spacial score (nSPS) is 10.0. The van der Waals surface area contributed by atoms with E-state index in [0.29, 0.717) is 6.42 Å². The average molecular weight is 116 g/mol. The van der Waals surface area contributed by atoms with Crippen LogP contribution in [0, 0.1) is 0 Å². The number of carboxylic acids is 1. The van der Waals surface area contributed by atoms with Crippen LogP contribution in [-0.2, 0) is 4.79 Å². The minimum Gasteiger partial charge on any atom is -0.516 e. The van der Waals surface area contributed by atoms with Gasteiger partial charge in [-0.25, -0.2) is 0 Å². The molecule has 0 atom stereocenters. The summed E-state index contributed by atoms with van der Waals surface area (Å²) in [5.74, 6) is -0.844. The number of aliphatic hydroxyl groups excluding tert-OH is 1. The van der Waals surface area contributed by atoms with Gasteiger partial charge in [0.2, 0.25) is 0 Å². The first-order chi connectivity index (χ1) is 3.77. The molecule has 0 aliphatic rings. The van der Waals surface area contributed by atoms with E-state index in [9.17, 15) is 4.79 Å². The van der Waals surface area contributed by atoms with Crippen LogP contribution in [0.3, 0.4) is 0 Å². The number of allylic oxidation sites excluding steroid dienone is 1. The van der Waals surface area contributed by atoms with Crippen LogP contribution < -0.4 is 0 Å². The Kier molecular flexibility index (Phi) is 3.66. The summed E-state index contributed by atoms with van der Waals surface area (Å²) >= 11 is 0. The third-order valence-corrected chi connectivity index (χ3v) is 0.630. The van der Waals surface area contributed by atoms with Gasteiger partial charge in [-0.05, 0) is 12.5 Å². The van der Waals surface area contributed by atoms with E-state index in [0.717, 1.165) is 6.26 Å². The number of hydrogen-bond donors (Lipinski definition) is 2. The third kappa shape index (κ3) is 5.01. The minimum atomic E-state index is -0.844. The van der Waals surface area contributed by atoms with Crippen molar-refractivity contribution in [1.82, 2.24) is 0 Å². The van der Waals surface area contributed by atoms with Gasteiger partial charge >= 0.3 is 5.97 Å². The molecule has 2 N–H and O–H groups in total. The van der Waals surface area contributed by atoms with Gasteiger partial charge in [0, 0.05) is 6.42 Å². The van der Waals surface area contributed by atoms with Crippen LogP contribution in [0.1, 0.15) is 12.8 Å². The van der Waals surface area contributed by atoms with Crippen LogP contribution in [-0.4, -0.2) is 16.2 Å². The molecule has 3 nitrogen and oxygen atoms in total. The van der Waals surface area contributed by atoms with Crippen molar-refractivity contribution in [2.75, 3.05) is 0 Å². The number of aliphatic hydroxyl groups is 1. The highest BCUT2D eigenvalue weighted by Crippen LogP contribution is 1.87. The van der Waals surface area contributed by atoms with Gasteiger partial charge in [0.05, 0.1) is 6.26 Å². The highest BCUT2D eigenvalue weighted by molar-refractivity contribution is 5.66. The molecule has 0 rings (SSSR count). The Hall–Kier alpha value is -0.990. The predicted octanol–water partition coefficient (Wildman–Crippen LogP) is 0.923. The largest absolute Gasteiger partial charge is 0.516 e. The van der Waals surface area contributed by atoms with Gasteiger partial charge < -0.3 is 10.2 Å². The van der Waals surface area contributed by atoms with Crippen molar-refractivity contribution in [3.8, 4) is 0 Å². The Morgan fingerprint density at radius 3 is 2.62 bits per heavy atom. The molecule has 0 radical (unpaired) electrons. The Morgan fingerprint density at radius 1 is 1.62 bits per heavy atom. The number of carboxylic acid groups (broad SMARTS) is 1. The molecule has 0 heterocycles. The Balaban J connectivity index is 3.05. The molecule has 0 aromatic rings. The van der Waals surface area contributed by atoms with Gasteiger partial charge in [0.15, 0.2) is 0 Å². The fourth-order valence-corrected chi connectivity index (χ4v) is 0.281. The lowest BCUT2D eigenvalue weighted by Gasteiger charge is -1.83. The molecule has 8 heavy (non-hydrogen) atoms. The molecule has 0 spiro atoms. The fraction of sp³-hybridized carbons (Fsp3) is 0.400. The molecule has 0 fully saturated rings. The molecule has 0 saturated heterocycles. The molecule has 0 aromatic heterocycles. The second-order valence-corrected chi connectivity index (χ2v) is 1.32. The summed E-state index contributed by atoms with van der Waals surface area (Å²) in [5.41, 5.74) is 0. The first-order valence-corrected chi connectivity index (χ1v) is 2.28. The van der Waals surface area contributed by atoms with E-state index >= 15 is 0 Å². The third-order valence-electron chi connectivity index (χ3n) is 0.630. The summed E-state index contributed by atoms with van der Waals surface area (Å²) in [6.07, 6.45) is 2.72. The average Bonchev–Trinajstić information content (AvgIpc) is 1.66. The van der Waals surface area contributed by atoms with Crippen molar-refractivity contribution >= 4 is 5.97 Å². The standard InChI is InChI=1S/C5H8O3/c6-4-2-1-3-5(7)8/h2,4,6H,1,3H2,(H,7,8)/b4-2+. The van der Waals surface area contributed by atoms with Gasteiger partial charge in [-0.3, -0.25) is 4.79 Å². The Bertz CT molecular complexity index is 95.8. The van der Waals surface area contributed by atoms with Crippen molar-refractivity contribution in [3.63, 3.8) is 0 Å². The second-order valence-electron chi connectivity index (χ2n) is 1.32. The summed E-state index contributed by atoms with van der Waals surface area (Å²) < 4.78 is 0. The topological polar surface area (TPSA) is 57.5 Å². The predicted molar refractivity (Wildman–Crippen MR) is 28.6 cm³/mol. The van der Waals surface area contributed by atoms with E-state index in [1.54, 1.807) is 0 Å². The van der Waals surface area contributed by atoms with E-state index in [1.807, 2.05) is 0 Å². The first-order valence-electron chi connectivity index (χ1n) is 2.28. The molecule has 0 aliphatic heterocycles. The van der Waals surface area contributed by atoms with Crippen molar-refractivity contribution < 1.29 is 15.0 Å². The van der Waals surface area contributed by atoms with E-state index in [2.05, 4.69) is 0 Å². The Morgan fingerprint density at radius 2 is 2.25 bits per heavy atom. The molecule has 3 heteroatoms. The first kappa shape index (κ1) is 7.01. The van der Waals surface area contributed by atoms with Crippen molar-refractivity contribution in [1.29, 1.82) is 0 Å². The van der Waals surface area contributed by atoms with Crippen LogP contribution in [0.5, 0.6) is 0 Å². The number of aliphatic carboxylic acids is 1. The van der Waals surface area contributed by atoms with E-state index < -0.39 is 5.97 Å². The number of hydrogen-bond acceptors (Lipinski definition) is 2. The van der Waals surface area contributed by atoms with E-state index in [-0.39, 0.29) is 6.42 Å². The minimum absolute atomic E-state index is 0.0804. The van der Waals surface area contributed by atoms with Crippen molar-refractivity contribution in [2.24, 2.45) is 0 Å². The van der Waals surface area contributed by atoms with Gasteiger partial charge in [0.25, 0.3) is 0 Å². The fourth-order valence-electron chi connectivity index (χ4n) is 0.281. The SMILES string of the molecule is O=C(O)CC/C=C/O. The smallest absolute Gasteiger partial charge is 0.303 e. The maximum absolute atomic E-state index is 9.76. The maximum Gasteiger partial charge on any atom is 0.303 e. The van der Waals surface area contributed by atoms with Crippen molar-refractivity contribution in [3.05, 3.63) is 12.3 Å². The highest BCUT2D eigenvalue weighted by Gasteiger charge is 1.90. The van der Waals surface area contributed by atoms with Crippen LogP contribution in [0.2, 0.25) is 0 Å². The van der Waals surface area contributed by atoms with Crippen LogP contribution >= 0.6 is 0 Å². The van der Waals surface area contributed by atoms with Gasteiger partial charge in [0.1, 0.15) is 0 Å². The zero-order valence-corrected chi connectivity index (χ0v) is 4.37. The van der Waals surface area contributed by atoms with Crippen LogP contribution in [0.15, 0.2) is 12.3 Å². The quantitative estimate of drug-likeness (QED) is 0.539. The highest BCUT2D eigenvalue weighted by atomic mass is 16.4. The van der Waals surface area contributed by atoms with E-state index in [4.69, 9.17) is 10.2 Å². The van der Waals surface area contributed by atoms with Crippen LogP contribution in [0.25, 0.3) is 0 Å². The lowest BCUT2D eigenvalue weighted by Crippen LogP contribution is -1.91. The molecular weight excluding hydrogens is 108 g/mol. The lowest BCUT2D eigenvalue weighted by molar-refractivity contribution is -0.136. The summed E-state index contributed by atoms with van der Waals surface area (Å²) in [6, 6.07) is 0. The van der Waals surface area contributed by atoms with Gasteiger partial charge in [-0.1, -0.05) is 0 Å². The maximum atomic E-state index is 9.76. The molecule has 46 valence electrons. The number of rotatable bonds is 3. The molecular formula is C5H8O3. The summed E-state index contributed by atoms with van der Waals surface area (Å²) in [7, 11) is 0. The monoisotopic (exact) mass is 116 g/mol. The molecule has 0 saturated carbocycles. The van der Waals surface area contributed by atoms with Gasteiger partial charge in [-0.2, -0.15) is 0 Å². The molecule has 0 aliphatic carbocycles. The summed E-state index contributed by atoms with van der Waals surface area (Å²) in [5, 5.41) is 16.0. The van der Waals surface area contributed by atoms with Gasteiger partial charge in [-0.15, -0.1) is 0 Å². The molecule has 0 aromatic carbocycles. The van der Waals surface area contributed by atoms with Crippen molar-refractivity contribution in [2.45, 2.75) is 12.8 Å². The zero-order chi connectivity index (χ0) is 6.41. The van der Waals surface area contributed by atoms with E-state index in [1.165, 1.54) is 6.08 Å². The molecule has 0 unspecified atom stereocenters. The summed E-state index contributed by atoms with van der Waals surface area (Å²) in [4.78, 5) is 9.76. The zero-order valence-electron chi connectivity index (χ0n) is 4.37. The second kappa shape index (κ2) is 4.18. The Labute approximate surface area is 47.3 Å². The van der Waals surface area contributed by atoms with Crippen LogP contribution in [0.4, 0.5) is 0 Å². The number of carbonyl (C=O) groups is 1. The molecule has 0 bridgehead atoms.